The quantitative estimate of drug-likeness (QED) is 0.874. The van der Waals surface area contributed by atoms with Crippen molar-refractivity contribution in [3.05, 3.63) is 35.4 Å². The molecule has 1 aliphatic carbocycles. The summed E-state index contributed by atoms with van der Waals surface area (Å²) in [7, 11) is 1.90. The first-order valence-electron chi connectivity index (χ1n) is 6.38. The molecule has 1 atom stereocenters. The van der Waals surface area contributed by atoms with E-state index in [0.717, 1.165) is 12.6 Å². The molecule has 0 aromatic heterocycles. The van der Waals surface area contributed by atoms with Gasteiger partial charge in [-0.2, -0.15) is 0 Å². The minimum Gasteiger partial charge on any atom is -0.387 e. The van der Waals surface area contributed by atoms with Crippen LogP contribution >= 0.6 is 0 Å². The van der Waals surface area contributed by atoms with Gasteiger partial charge < -0.3 is 10.0 Å². The number of halogens is 2. The Hall–Kier alpha value is -1.00. The van der Waals surface area contributed by atoms with Crippen molar-refractivity contribution in [3.63, 3.8) is 0 Å². The number of nitrogens with zero attached hydrogens (tertiary/aromatic N) is 1. The summed E-state index contributed by atoms with van der Waals surface area (Å²) in [6.07, 6.45) is 2.76. The number of aliphatic hydroxyl groups is 1. The summed E-state index contributed by atoms with van der Waals surface area (Å²) in [6.45, 7) is 1.24. The molecule has 2 nitrogen and oxygen atoms in total. The normalized spacial score (nSPS) is 17.8. The third-order valence-electron chi connectivity index (χ3n) is 3.62. The maximum absolute atomic E-state index is 13.5. The number of rotatable bonds is 5. The lowest BCUT2D eigenvalue weighted by molar-refractivity contribution is 0.103. The summed E-state index contributed by atoms with van der Waals surface area (Å²) in [5.41, 5.74) is 0.0375. The highest BCUT2D eigenvalue weighted by molar-refractivity contribution is 5.21. The van der Waals surface area contributed by atoms with Crippen molar-refractivity contribution >= 4 is 0 Å². The number of aliphatic hydroxyl groups excluding tert-OH is 1. The van der Waals surface area contributed by atoms with Gasteiger partial charge in [-0.1, -0.05) is 18.6 Å². The molecular formula is C14H19F2NO. The van der Waals surface area contributed by atoms with Crippen LogP contribution in [0.3, 0.4) is 0 Å². The van der Waals surface area contributed by atoms with Crippen molar-refractivity contribution in [2.45, 2.75) is 25.4 Å². The van der Waals surface area contributed by atoms with Crippen LogP contribution in [0.1, 0.15) is 30.9 Å². The molecule has 0 bridgehead atoms. The number of benzene rings is 1. The van der Waals surface area contributed by atoms with Gasteiger partial charge >= 0.3 is 0 Å². The fourth-order valence-electron chi connectivity index (χ4n) is 2.36. The van der Waals surface area contributed by atoms with E-state index in [0.29, 0.717) is 12.5 Å². The molecule has 0 saturated heterocycles. The van der Waals surface area contributed by atoms with Crippen molar-refractivity contribution in [3.8, 4) is 0 Å². The highest BCUT2D eigenvalue weighted by atomic mass is 19.2. The Labute approximate surface area is 106 Å². The van der Waals surface area contributed by atoms with Gasteiger partial charge in [-0.05, 0) is 31.9 Å². The number of hydrogen-bond donors (Lipinski definition) is 1. The first kappa shape index (κ1) is 13.4. The van der Waals surface area contributed by atoms with Gasteiger partial charge in [0.05, 0.1) is 6.10 Å². The summed E-state index contributed by atoms with van der Waals surface area (Å²) >= 11 is 0. The third kappa shape index (κ3) is 3.06. The van der Waals surface area contributed by atoms with Crippen molar-refractivity contribution in [1.29, 1.82) is 0 Å². The average molecular weight is 255 g/mol. The van der Waals surface area contributed by atoms with Gasteiger partial charge in [-0.15, -0.1) is 0 Å². The molecule has 1 fully saturated rings. The molecule has 0 aliphatic heterocycles. The minimum atomic E-state index is -0.981. The lowest BCUT2D eigenvalue weighted by atomic mass is 9.85. The molecule has 1 saturated carbocycles. The van der Waals surface area contributed by atoms with Crippen LogP contribution in [-0.4, -0.2) is 30.1 Å². The fourth-order valence-corrected chi connectivity index (χ4v) is 2.36. The zero-order chi connectivity index (χ0) is 13.1. The maximum Gasteiger partial charge on any atom is 0.164 e. The summed E-state index contributed by atoms with van der Waals surface area (Å²) < 4.78 is 26.5. The van der Waals surface area contributed by atoms with E-state index in [1.54, 1.807) is 0 Å². The smallest absolute Gasteiger partial charge is 0.164 e. The molecule has 100 valence electrons. The maximum atomic E-state index is 13.5. The summed E-state index contributed by atoms with van der Waals surface area (Å²) in [4.78, 5) is 1.98. The lowest BCUT2D eigenvalue weighted by Gasteiger charge is -2.31. The Morgan fingerprint density at radius 1 is 1.39 bits per heavy atom. The molecule has 4 heteroatoms. The van der Waals surface area contributed by atoms with E-state index in [1.165, 1.54) is 31.4 Å². The summed E-state index contributed by atoms with van der Waals surface area (Å²) in [6, 6.07) is 3.91. The fraction of sp³-hybridized carbons (Fsp3) is 0.571. The molecule has 18 heavy (non-hydrogen) atoms. The molecule has 1 unspecified atom stereocenters. The van der Waals surface area contributed by atoms with Gasteiger partial charge in [0.2, 0.25) is 0 Å². The molecule has 0 spiro atoms. The Kier molecular flexibility index (Phi) is 4.30. The Morgan fingerprint density at radius 2 is 2.11 bits per heavy atom. The van der Waals surface area contributed by atoms with Gasteiger partial charge in [0.25, 0.3) is 0 Å². The van der Waals surface area contributed by atoms with Crippen LogP contribution < -0.4 is 0 Å². The van der Waals surface area contributed by atoms with Gasteiger partial charge in [-0.25, -0.2) is 8.78 Å². The molecular weight excluding hydrogens is 236 g/mol. The molecule has 1 aromatic carbocycles. The topological polar surface area (TPSA) is 23.5 Å². The van der Waals surface area contributed by atoms with Crippen molar-refractivity contribution in [2.75, 3.05) is 20.1 Å². The van der Waals surface area contributed by atoms with Gasteiger partial charge in [0, 0.05) is 18.7 Å². The largest absolute Gasteiger partial charge is 0.387 e. The predicted molar refractivity (Wildman–Crippen MR) is 66.2 cm³/mol. The predicted octanol–water partition coefficient (Wildman–Crippen LogP) is 2.73. The van der Waals surface area contributed by atoms with E-state index in [9.17, 15) is 13.9 Å². The first-order chi connectivity index (χ1) is 8.58. The second kappa shape index (κ2) is 5.76. The minimum absolute atomic E-state index is 0.0375. The van der Waals surface area contributed by atoms with Crippen molar-refractivity contribution in [2.24, 2.45) is 5.92 Å². The molecule has 1 N–H and O–H groups in total. The van der Waals surface area contributed by atoms with E-state index < -0.39 is 17.7 Å². The second-order valence-corrected chi connectivity index (χ2v) is 5.18. The van der Waals surface area contributed by atoms with Gasteiger partial charge in [0.1, 0.15) is 0 Å². The molecule has 0 radical (unpaired) electrons. The highest BCUT2D eigenvalue weighted by Crippen LogP contribution is 2.27. The molecule has 0 amide bonds. The molecule has 0 heterocycles. The van der Waals surface area contributed by atoms with Crippen LogP contribution in [0.2, 0.25) is 0 Å². The number of hydrogen-bond acceptors (Lipinski definition) is 2. The van der Waals surface area contributed by atoms with Crippen LogP contribution in [0, 0.1) is 17.6 Å². The van der Waals surface area contributed by atoms with E-state index >= 15 is 0 Å². The van der Waals surface area contributed by atoms with Crippen LogP contribution in [0.4, 0.5) is 8.78 Å². The zero-order valence-corrected chi connectivity index (χ0v) is 10.6. The molecule has 1 aliphatic rings. The van der Waals surface area contributed by atoms with Crippen LogP contribution in [0.5, 0.6) is 0 Å². The van der Waals surface area contributed by atoms with Crippen LogP contribution in [-0.2, 0) is 0 Å². The molecule has 1 aromatic rings. The summed E-state index contributed by atoms with van der Waals surface area (Å²) in [5, 5.41) is 9.95. The second-order valence-electron chi connectivity index (χ2n) is 5.18. The first-order valence-corrected chi connectivity index (χ1v) is 6.38. The Morgan fingerprint density at radius 3 is 2.72 bits per heavy atom. The van der Waals surface area contributed by atoms with Crippen molar-refractivity contribution < 1.29 is 13.9 Å². The van der Waals surface area contributed by atoms with Crippen LogP contribution in [0.15, 0.2) is 18.2 Å². The highest BCUT2D eigenvalue weighted by Gasteiger charge is 2.22. The SMILES string of the molecule is CN(CC1CCC1)CC(O)c1cccc(F)c1F. The zero-order valence-electron chi connectivity index (χ0n) is 10.6. The monoisotopic (exact) mass is 255 g/mol. The van der Waals surface area contributed by atoms with Gasteiger partial charge in [0.15, 0.2) is 11.6 Å². The van der Waals surface area contributed by atoms with E-state index in [2.05, 4.69) is 0 Å². The number of likely N-dealkylation sites (N-methyl/N-ethyl adjacent to an activating group) is 1. The van der Waals surface area contributed by atoms with E-state index in [-0.39, 0.29) is 5.56 Å². The average Bonchev–Trinajstić information content (AvgIpc) is 2.27. The standard InChI is InChI=1S/C14H19F2NO/c1-17(8-10-4-2-5-10)9-13(18)11-6-3-7-12(15)14(11)16/h3,6-7,10,13,18H,2,4-5,8-9H2,1H3. The Balaban J connectivity index is 1.93. The third-order valence-corrected chi connectivity index (χ3v) is 3.62. The van der Waals surface area contributed by atoms with Crippen LogP contribution in [0.25, 0.3) is 0 Å². The van der Waals surface area contributed by atoms with E-state index in [4.69, 9.17) is 0 Å². The molecule has 2 rings (SSSR count). The Bertz CT molecular complexity index is 407. The summed E-state index contributed by atoms with van der Waals surface area (Å²) in [5.74, 6) is -1.16. The lowest BCUT2D eigenvalue weighted by Crippen LogP contribution is -2.32. The van der Waals surface area contributed by atoms with Crippen molar-refractivity contribution in [1.82, 2.24) is 4.90 Å². The van der Waals surface area contributed by atoms with Gasteiger partial charge in [-0.3, -0.25) is 0 Å². The van der Waals surface area contributed by atoms with E-state index in [1.807, 2.05) is 11.9 Å².